The highest BCUT2D eigenvalue weighted by Crippen LogP contribution is 2.04. The molecule has 0 bridgehead atoms. The van der Waals surface area contributed by atoms with Crippen LogP contribution < -0.4 is 0 Å². The molecule has 1 unspecified atom stereocenters. The van der Waals surface area contributed by atoms with Crippen molar-refractivity contribution < 1.29 is 14.6 Å². The van der Waals surface area contributed by atoms with Gasteiger partial charge in [0.05, 0.1) is 24.8 Å². The van der Waals surface area contributed by atoms with Crippen molar-refractivity contribution in [3.8, 4) is 0 Å². The first kappa shape index (κ1) is 11.7. The highest BCUT2D eigenvalue weighted by atomic mass is 16.5. The predicted molar refractivity (Wildman–Crippen MR) is 54.4 cm³/mol. The summed E-state index contributed by atoms with van der Waals surface area (Å²) < 4.78 is 7.14. The molecule has 0 spiro atoms. The zero-order valence-corrected chi connectivity index (χ0v) is 9.01. The molecule has 84 valence electrons. The van der Waals surface area contributed by atoms with Crippen molar-refractivity contribution >= 4 is 5.97 Å². The summed E-state index contributed by atoms with van der Waals surface area (Å²) in [4.78, 5) is 14.5. The summed E-state index contributed by atoms with van der Waals surface area (Å²) in [6.07, 6.45) is 3.66. The third-order valence-corrected chi connectivity index (χ3v) is 2.09. The van der Waals surface area contributed by atoms with Crippen LogP contribution in [-0.2, 0) is 22.7 Å². The van der Waals surface area contributed by atoms with Crippen LogP contribution in [0.1, 0.15) is 26.0 Å². The van der Waals surface area contributed by atoms with Gasteiger partial charge in [-0.15, -0.1) is 0 Å². The maximum absolute atomic E-state index is 10.5. The van der Waals surface area contributed by atoms with E-state index < -0.39 is 12.1 Å². The van der Waals surface area contributed by atoms with Gasteiger partial charge in [0.25, 0.3) is 0 Å². The fraction of sp³-hybridized carbons (Fsp3) is 0.600. The molecular formula is C10H16N2O3. The lowest BCUT2D eigenvalue weighted by Gasteiger charge is -2.10. The Balaban J connectivity index is 2.49. The second kappa shape index (κ2) is 5.50. The lowest BCUT2D eigenvalue weighted by atomic mass is 10.4. The number of rotatable bonds is 6. The van der Waals surface area contributed by atoms with Gasteiger partial charge in [0.1, 0.15) is 0 Å². The van der Waals surface area contributed by atoms with Crippen molar-refractivity contribution in [2.24, 2.45) is 0 Å². The van der Waals surface area contributed by atoms with Gasteiger partial charge < -0.3 is 14.4 Å². The van der Waals surface area contributed by atoms with E-state index in [-0.39, 0.29) is 6.61 Å². The molecule has 0 fully saturated rings. The lowest BCUT2D eigenvalue weighted by molar-refractivity contribution is -0.150. The molecule has 0 aliphatic carbocycles. The number of aliphatic carboxylic acids is 1. The molecule has 1 heterocycles. The summed E-state index contributed by atoms with van der Waals surface area (Å²) in [6, 6.07) is 0. The van der Waals surface area contributed by atoms with Gasteiger partial charge in [-0.2, -0.15) is 0 Å². The summed E-state index contributed by atoms with van der Waals surface area (Å²) in [5.74, 6) is -0.948. The van der Waals surface area contributed by atoms with Crippen LogP contribution in [0.5, 0.6) is 0 Å². The van der Waals surface area contributed by atoms with Gasteiger partial charge in [-0.25, -0.2) is 9.78 Å². The molecule has 0 amide bonds. The highest BCUT2D eigenvalue weighted by molar-refractivity contribution is 5.71. The Hall–Kier alpha value is -1.36. The molecule has 5 nitrogen and oxygen atoms in total. The maximum atomic E-state index is 10.5. The van der Waals surface area contributed by atoms with Gasteiger partial charge in [0.2, 0.25) is 0 Å². The van der Waals surface area contributed by atoms with Crippen LogP contribution >= 0.6 is 0 Å². The average molecular weight is 212 g/mol. The van der Waals surface area contributed by atoms with Crippen molar-refractivity contribution in [1.29, 1.82) is 0 Å². The fourth-order valence-corrected chi connectivity index (χ4v) is 1.19. The highest BCUT2D eigenvalue weighted by Gasteiger charge is 2.12. The second-order valence-corrected chi connectivity index (χ2v) is 3.37. The lowest BCUT2D eigenvalue weighted by Crippen LogP contribution is -2.20. The van der Waals surface area contributed by atoms with Crippen molar-refractivity contribution in [1.82, 2.24) is 9.55 Å². The topological polar surface area (TPSA) is 64.4 Å². The minimum Gasteiger partial charge on any atom is -0.479 e. The van der Waals surface area contributed by atoms with E-state index in [1.807, 2.05) is 4.57 Å². The van der Waals surface area contributed by atoms with Crippen molar-refractivity contribution in [3.63, 3.8) is 0 Å². The van der Waals surface area contributed by atoms with Gasteiger partial charge in [-0.05, 0) is 13.3 Å². The van der Waals surface area contributed by atoms with E-state index in [1.54, 1.807) is 12.5 Å². The van der Waals surface area contributed by atoms with E-state index >= 15 is 0 Å². The average Bonchev–Trinajstić information content (AvgIpc) is 2.62. The SMILES string of the molecule is CCCn1cncc1COC(C)C(=O)O. The fourth-order valence-electron chi connectivity index (χ4n) is 1.19. The molecule has 0 aliphatic rings. The molecule has 15 heavy (non-hydrogen) atoms. The van der Waals surface area contributed by atoms with Crippen LogP contribution in [0.4, 0.5) is 0 Å². The first-order valence-electron chi connectivity index (χ1n) is 4.98. The normalized spacial score (nSPS) is 12.7. The van der Waals surface area contributed by atoms with Crippen LogP contribution in [0.3, 0.4) is 0 Å². The van der Waals surface area contributed by atoms with Gasteiger partial charge in [-0.3, -0.25) is 0 Å². The minimum absolute atomic E-state index is 0.285. The number of imidazole rings is 1. The Bertz CT molecular complexity index is 322. The summed E-state index contributed by atoms with van der Waals surface area (Å²) >= 11 is 0. The Morgan fingerprint density at radius 2 is 2.47 bits per heavy atom. The van der Waals surface area contributed by atoms with Crippen LogP contribution in [-0.4, -0.2) is 26.7 Å². The van der Waals surface area contributed by atoms with Gasteiger partial charge in [-0.1, -0.05) is 6.92 Å². The molecule has 0 aromatic carbocycles. The maximum Gasteiger partial charge on any atom is 0.332 e. The summed E-state index contributed by atoms with van der Waals surface area (Å²) in [5.41, 5.74) is 0.907. The summed E-state index contributed by atoms with van der Waals surface area (Å²) in [6.45, 7) is 4.75. The van der Waals surface area contributed by atoms with Crippen molar-refractivity contribution in [2.75, 3.05) is 0 Å². The molecule has 1 aromatic rings. The number of hydrogen-bond acceptors (Lipinski definition) is 3. The Morgan fingerprint density at radius 1 is 1.73 bits per heavy atom. The van der Waals surface area contributed by atoms with E-state index in [9.17, 15) is 4.79 Å². The number of aromatic nitrogens is 2. The second-order valence-electron chi connectivity index (χ2n) is 3.37. The molecule has 0 radical (unpaired) electrons. The molecule has 1 rings (SSSR count). The number of carboxylic acid groups (broad SMARTS) is 1. The van der Waals surface area contributed by atoms with Gasteiger partial charge in [0, 0.05) is 6.54 Å². The van der Waals surface area contributed by atoms with Crippen LogP contribution in [0.25, 0.3) is 0 Å². The van der Waals surface area contributed by atoms with Crippen molar-refractivity contribution in [2.45, 2.75) is 39.5 Å². The molecule has 1 aromatic heterocycles. The zero-order valence-electron chi connectivity index (χ0n) is 9.01. The first-order chi connectivity index (χ1) is 7.15. The monoisotopic (exact) mass is 212 g/mol. The quantitative estimate of drug-likeness (QED) is 0.771. The summed E-state index contributed by atoms with van der Waals surface area (Å²) in [7, 11) is 0. The van der Waals surface area contributed by atoms with E-state index in [2.05, 4.69) is 11.9 Å². The first-order valence-corrected chi connectivity index (χ1v) is 4.98. The van der Waals surface area contributed by atoms with E-state index in [4.69, 9.17) is 9.84 Å². The molecule has 0 aliphatic heterocycles. The van der Waals surface area contributed by atoms with Gasteiger partial charge >= 0.3 is 5.97 Å². The number of carbonyl (C=O) groups is 1. The number of hydrogen-bond donors (Lipinski definition) is 1. The Morgan fingerprint density at radius 3 is 3.07 bits per heavy atom. The van der Waals surface area contributed by atoms with Crippen LogP contribution in [0, 0.1) is 0 Å². The molecule has 5 heteroatoms. The smallest absolute Gasteiger partial charge is 0.332 e. The molecule has 0 saturated heterocycles. The molecular weight excluding hydrogens is 196 g/mol. The van der Waals surface area contributed by atoms with E-state index in [1.165, 1.54) is 6.92 Å². The van der Waals surface area contributed by atoms with E-state index in [0.717, 1.165) is 18.7 Å². The van der Waals surface area contributed by atoms with Crippen LogP contribution in [0.2, 0.25) is 0 Å². The Labute approximate surface area is 88.7 Å². The standard InChI is InChI=1S/C10H16N2O3/c1-3-4-12-7-11-5-9(12)6-15-8(2)10(13)14/h5,7-8H,3-4,6H2,1-2H3,(H,13,14). The number of carboxylic acids is 1. The number of nitrogens with zero attached hydrogens (tertiary/aromatic N) is 2. The number of aryl methyl sites for hydroxylation is 1. The minimum atomic E-state index is -0.948. The van der Waals surface area contributed by atoms with Gasteiger partial charge in [0.15, 0.2) is 6.10 Å². The van der Waals surface area contributed by atoms with Crippen molar-refractivity contribution in [3.05, 3.63) is 18.2 Å². The summed E-state index contributed by atoms with van der Waals surface area (Å²) in [5, 5.41) is 8.64. The predicted octanol–water partition coefficient (Wildman–Crippen LogP) is 1.28. The molecule has 1 N–H and O–H groups in total. The Kier molecular flexibility index (Phi) is 4.30. The zero-order chi connectivity index (χ0) is 11.3. The third kappa shape index (κ3) is 3.36. The molecule has 1 atom stereocenters. The number of ether oxygens (including phenoxy) is 1. The molecule has 0 saturated carbocycles. The van der Waals surface area contributed by atoms with Crippen LogP contribution in [0.15, 0.2) is 12.5 Å². The van der Waals surface area contributed by atoms with E-state index in [0.29, 0.717) is 0 Å². The largest absolute Gasteiger partial charge is 0.479 e. The third-order valence-electron chi connectivity index (χ3n) is 2.09.